The topological polar surface area (TPSA) is 88.5 Å². The van der Waals surface area contributed by atoms with Gasteiger partial charge in [0.25, 0.3) is 5.91 Å². The lowest BCUT2D eigenvalue weighted by atomic mass is 10.2. The van der Waals surface area contributed by atoms with E-state index in [9.17, 15) is 9.59 Å². The molecule has 0 aliphatic rings. The summed E-state index contributed by atoms with van der Waals surface area (Å²) in [6, 6.07) is 7.35. The summed E-state index contributed by atoms with van der Waals surface area (Å²) in [6.07, 6.45) is 0. The molecule has 0 aliphatic heterocycles. The molecule has 0 unspecified atom stereocenters. The minimum absolute atomic E-state index is 0.409. The van der Waals surface area contributed by atoms with E-state index in [1.165, 1.54) is 11.3 Å². The van der Waals surface area contributed by atoms with Crippen LogP contribution < -0.4 is 10.1 Å². The van der Waals surface area contributed by atoms with Gasteiger partial charge in [-0.1, -0.05) is 0 Å². The smallest absolute Gasteiger partial charge is 0.322 e. The second-order valence-corrected chi connectivity index (χ2v) is 5.24. The summed E-state index contributed by atoms with van der Waals surface area (Å²) in [7, 11) is 1.59. The quantitative estimate of drug-likeness (QED) is 0.881. The number of methoxy groups -OCH3 is 1. The molecule has 0 fully saturated rings. The molecule has 21 heavy (non-hydrogen) atoms. The Morgan fingerprint density at radius 1 is 1.33 bits per heavy atom. The molecule has 0 atom stereocenters. The number of amides is 1. The maximum Gasteiger partial charge on any atom is 0.322 e. The van der Waals surface area contributed by atoms with Crippen LogP contribution in [-0.4, -0.2) is 35.6 Å². The highest BCUT2D eigenvalue weighted by Crippen LogP contribution is 2.29. The molecule has 6 nitrogen and oxygen atoms in total. The lowest BCUT2D eigenvalue weighted by molar-refractivity contribution is -0.135. The molecule has 0 radical (unpaired) electrons. The predicted octanol–water partition coefficient (Wildman–Crippen LogP) is 1.94. The number of nitrogens with one attached hydrogen (secondary N) is 1. The largest absolute Gasteiger partial charge is 0.497 e. The number of nitrogens with zero attached hydrogens (tertiary/aromatic N) is 1. The maximum atomic E-state index is 11.9. The summed E-state index contributed by atoms with van der Waals surface area (Å²) in [6.45, 7) is 1.31. The number of thiazole rings is 1. The van der Waals surface area contributed by atoms with Crippen molar-refractivity contribution in [1.82, 2.24) is 10.3 Å². The molecule has 1 aromatic carbocycles. The van der Waals surface area contributed by atoms with Crippen LogP contribution in [-0.2, 0) is 4.79 Å². The van der Waals surface area contributed by atoms with Crippen molar-refractivity contribution in [2.24, 2.45) is 0 Å². The van der Waals surface area contributed by atoms with E-state index in [1.54, 1.807) is 14.0 Å². The zero-order valence-electron chi connectivity index (χ0n) is 11.5. The Labute approximate surface area is 125 Å². The van der Waals surface area contributed by atoms with Gasteiger partial charge in [0.15, 0.2) is 0 Å². The first-order valence-electron chi connectivity index (χ1n) is 6.13. The molecule has 0 bridgehead atoms. The first kappa shape index (κ1) is 15.0. The number of hydrogen-bond acceptors (Lipinski definition) is 5. The van der Waals surface area contributed by atoms with Crippen LogP contribution in [0.5, 0.6) is 5.75 Å². The van der Waals surface area contributed by atoms with E-state index >= 15 is 0 Å². The highest BCUT2D eigenvalue weighted by Gasteiger charge is 2.16. The number of aliphatic carboxylic acids is 1. The van der Waals surface area contributed by atoms with Crippen LogP contribution in [0.2, 0.25) is 0 Å². The summed E-state index contributed by atoms with van der Waals surface area (Å²) in [5.41, 5.74) is 1.45. The molecule has 1 aromatic heterocycles. The van der Waals surface area contributed by atoms with Crippen molar-refractivity contribution in [2.45, 2.75) is 6.92 Å². The second kappa shape index (κ2) is 6.36. The van der Waals surface area contributed by atoms with Gasteiger partial charge in [0.05, 0.1) is 12.8 Å². The lowest BCUT2D eigenvalue weighted by Gasteiger charge is -2.00. The maximum absolute atomic E-state index is 11.9. The van der Waals surface area contributed by atoms with E-state index in [2.05, 4.69) is 10.3 Å². The Morgan fingerprint density at radius 2 is 2.00 bits per heavy atom. The van der Waals surface area contributed by atoms with E-state index < -0.39 is 18.4 Å². The molecule has 0 saturated carbocycles. The Morgan fingerprint density at radius 3 is 2.57 bits per heavy atom. The van der Waals surface area contributed by atoms with Crippen LogP contribution in [0.4, 0.5) is 0 Å². The van der Waals surface area contributed by atoms with Crippen molar-refractivity contribution in [2.75, 3.05) is 13.7 Å². The summed E-state index contributed by atoms with van der Waals surface area (Å²) in [4.78, 5) is 27.1. The minimum Gasteiger partial charge on any atom is -0.497 e. The number of ether oxygens (including phenoxy) is 1. The summed E-state index contributed by atoms with van der Waals surface area (Å²) < 4.78 is 5.09. The number of aromatic nitrogens is 1. The molecule has 7 heteroatoms. The normalized spacial score (nSPS) is 10.2. The van der Waals surface area contributed by atoms with Gasteiger partial charge in [0, 0.05) is 5.56 Å². The number of carboxylic acids is 1. The first-order chi connectivity index (χ1) is 10.0. The zero-order valence-corrected chi connectivity index (χ0v) is 12.4. The number of carbonyl (C=O) groups is 2. The number of benzene rings is 1. The summed E-state index contributed by atoms with van der Waals surface area (Å²) in [5.74, 6) is -0.764. The molecule has 0 spiro atoms. The fourth-order valence-electron chi connectivity index (χ4n) is 1.70. The molecular formula is C14H14N2O4S. The van der Waals surface area contributed by atoms with E-state index in [4.69, 9.17) is 9.84 Å². The number of rotatable bonds is 5. The third-order valence-electron chi connectivity index (χ3n) is 2.74. The van der Waals surface area contributed by atoms with Gasteiger partial charge in [-0.2, -0.15) is 0 Å². The minimum atomic E-state index is -1.08. The Kier molecular flexibility index (Phi) is 4.54. The zero-order chi connectivity index (χ0) is 15.4. The van der Waals surface area contributed by atoms with Crippen LogP contribution in [0.25, 0.3) is 10.6 Å². The Hall–Kier alpha value is -2.41. The van der Waals surface area contributed by atoms with Crippen LogP contribution >= 0.6 is 11.3 Å². The summed E-state index contributed by atoms with van der Waals surface area (Å²) in [5, 5.41) is 11.6. The number of carbonyl (C=O) groups excluding carboxylic acids is 1. The van der Waals surface area contributed by atoms with Crippen LogP contribution in [0.3, 0.4) is 0 Å². The summed E-state index contributed by atoms with van der Waals surface area (Å²) >= 11 is 1.23. The van der Waals surface area contributed by atoms with Crippen molar-refractivity contribution >= 4 is 23.2 Å². The van der Waals surface area contributed by atoms with Gasteiger partial charge in [-0.15, -0.1) is 11.3 Å². The average molecular weight is 306 g/mol. The monoisotopic (exact) mass is 306 g/mol. The lowest BCUT2D eigenvalue weighted by Crippen LogP contribution is -2.29. The van der Waals surface area contributed by atoms with Crippen LogP contribution in [0.1, 0.15) is 15.4 Å². The molecule has 0 saturated heterocycles. The van der Waals surface area contributed by atoms with E-state index in [-0.39, 0.29) is 0 Å². The van der Waals surface area contributed by atoms with Gasteiger partial charge in [-0.05, 0) is 31.2 Å². The average Bonchev–Trinajstić information content (AvgIpc) is 2.87. The van der Waals surface area contributed by atoms with Crippen molar-refractivity contribution in [3.8, 4) is 16.3 Å². The predicted molar refractivity (Wildman–Crippen MR) is 78.8 cm³/mol. The van der Waals surface area contributed by atoms with Crippen molar-refractivity contribution in [1.29, 1.82) is 0 Å². The molecule has 2 rings (SSSR count). The third-order valence-corrected chi connectivity index (χ3v) is 3.95. The SMILES string of the molecule is COc1ccc(-c2nc(C)c(C(=O)NCC(=O)O)s2)cc1. The van der Waals surface area contributed by atoms with Crippen LogP contribution in [0.15, 0.2) is 24.3 Å². The van der Waals surface area contributed by atoms with Gasteiger partial charge in [0.2, 0.25) is 0 Å². The molecule has 1 amide bonds. The van der Waals surface area contributed by atoms with E-state index in [0.29, 0.717) is 15.6 Å². The van der Waals surface area contributed by atoms with Crippen molar-refractivity contribution < 1.29 is 19.4 Å². The standard InChI is InChI=1S/C14H14N2O4S/c1-8-12(13(19)15-7-11(17)18)21-14(16-8)9-3-5-10(20-2)6-4-9/h3-6H,7H2,1-2H3,(H,15,19)(H,17,18). The van der Waals surface area contributed by atoms with Gasteiger partial charge in [0.1, 0.15) is 22.2 Å². The van der Waals surface area contributed by atoms with Gasteiger partial charge >= 0.3 is 5.97 Å². The fourth-order valence-corrected chi connectivity index (χ4v) is 2.69. The Balaban J connectivity index is 2.21. The molecule has 2 aromatic rings. The van der Waals surface area contributed by atoms with Gasteiger partial charge in [-0.25, -0.2) is 4.98 Å². The molecule has 110 valence electrons. The number of aryl methyl sites for hydroxylation is 1. The first-order valence-corrected chi connectivity index (χ1v) is 6.94. The fraction of sp³-hybridized carbons (Fsp3) is 0.214. The highest BCUT2D eigenvalue weighted by molar-refractivity contribution is 7.17. The number of hydrogen-bond donors (Lipinski definition) is 2. The molecule has 1 heterocycles. The van der Waals surface area contributed by atoms with E-state index in [0.717, 1.165) is 11.3 Å². The van der Waals surface area contributed by atoms with Crippen molar-refractivity contribution in [3.05, 3.63) is 34.8 Å². The Bertz CT molecular complexity index is 664. The molecule has 2 N–H and O–H groups in total. The van der Waals surface area contributed by atoms with Crippen LogP contribution in [0, 0.1) is 6.92 Å². The van der Waals surface area contributed by atoms with Gasteiger partial charge < -0.3 is 15.2 Å². The molecular weight excluding hydrogens is 292 g/mol. The van der Waals surface area contributed by atoms with E-state index in [1.807, 2.05) is 24.3 Å². The third kappa shape index (κ3) is 3.57. The second-order valence-electron chi connectivity index (χ2n) is 4.24. The van der Waals surface area contributed by atoms with Crippen molar-refractivity contribution in [3.63, 3.8) is 0 Å². The van der Waals surface area contributed by atoms with Gasteiger partial charge in [-0.3, -0.25) is 9.59 Å². The number of carboxylic acid groups (broad SMARTS) is 1. The molecule has 0 aliphatic carbocycles. The highest BCUT2D eigenvalue weighted by atomic mass is 32.1.